The number of piperidine rings is 1. The second-order valence-corrected chi connectivity index (χ2v) is 9.52. The van der Waals surface area contributed by atoms with Crippen LogP contribution in [0, 0.1) is 5.92 Å². The quantitative estimate of drug-likeness (QED) is 0.393. The molecule has 1 aromatic heterocycles. The van der Waals surface area contributed by atoms with E-state index in [9.17, 15) is 9.90 Å². The van der Waals surface area contributed by atoms with E-state index in [0.717, 1.165) is 37.2 Å². The Morgan fingerprint density at radius 1 is 1.06 bits per heavy atom. The molecule has 2 heterocycles. The minimum atomic E-state index is -0.0233. The summed E-state index contributed by atoms with van der Waals surface area (Å²) in [7, 11) is 0. The van der Waals surface area contributed by atoms with Crippen molar-refractivity contribution in [3.05, 3.63) is 82.2 Å². The van der Waals surface area contributed by atoms with Crippen molar-refractivity contribution in [2.45, 2.75) is 39.2 Å². The van der Waals surface area contributed by atoms with Crippen molar-refractivity contribution < 1.29 is 14.3 Å². The third-order valence-corrected chi connectivity index (χ3v) is 6.86. The molecular formula is C29H31NO4. The molecule has 1 saturated heterocycles. The minimum Gasteiger partial charge on any atom is -0.489 e. The molecule has 5 rings (SSSR count). The van der Waals surface area contributed by atoms with Crippen LogP contribution in [-0.2, 0) is 6.61 Å². The molecule has 1 aliphatic heterocycles. The van der Waals surface area contributed by atoms with E-state index in [0.29, 0.717) is 35.0 Å². The van der Waals surface area contributed by atoms with E-state index in [4.69, 9.17) is 9.15 Å². The van der Waals surface area contributed by atoms with Gasteiger partial charge in [-0.3, -0.25) is 4.79 Å². The molecule has 5 heteroatoms. The van der Waals surface area contributed by atoms with E-state index in [1.54, 1.807) is 6.07 Å². The molecule has 4 aromatic rings. The maximum atomic E-state index is 13.2. The molecule has 1 N–H and O–H groups in total. The molecule has 176 valence electrons. The summed E-state index contributed by atoms with van der Waals surface area (Å²) in [6.07, 6.45) is 1.79. The van der Waals surface area contributed by atoms with E-state index in [2.05, 4.69) is 29.2 Å². The van der Waals surface area contributed by atoms with E-state index >= 15 is 0 Å². The van der Waals surface area contributed by atoms with Gasteiger partial charge in [-0.15, -0.1) is 0 Å². The number of nitrogens with zero attached hydrogens (tertiary/aromatic N) is 1. The molecule has 1 aliphatic rings. The number of fused-ring (bicyclic) bond motifs is 2. The molecule has 1 fully saturated rings. The lowest BCUT2D eigenvalue weighted by Gasteiger charge is -2.33. The van der Waals surface area contributed by atoms with E-state index in [-0.39, 0.29) is 18.0 Å². The number of benzene rings is 3. The molecule has 0 saturated carbocycles. The average molecular weight is 458 g/mol. The van der Waals surface area contributed by atoms with E-state index < -0.39 is 0 Å². The molecule has 5 nitrogen and oxygen atoms in total. The van der Waals surface area contributed by atoms with Crippen molar-refractivity contribution in [2.24, 2.45) is 5.92 Å². The summed E-state index contributed by atoms with van der Waals surface area (Å²) in [5.41, 5.74) is 2.50. The summed E-state index contributed by atoms with van der Waals surface area (Å²) in [5.74, 6) is 1.79. The van der Waals surface area contributed by atoms with Gasteiger partial charge in [-0.25, -0.2) is 0 Å². The number of aliphatic hydroxyl groups is 1. The number of rotatable bonds is 6. The molecule has 3 aromatic carbocycles. The van der Waals surface area contributed by atoms with E-state index in [1.807, 2.05) is 44.2 Å². The zero-order valence-corrected chi connectivity index (χ0v) is 19.8. The Kier molecular flexibility index (Phi) is 6.29. The fraction of sp³-hybridized carbons (Fsp3) is 0.345. The summed E-state index contributed by atoms with van der Waals surface area (Å²) in [6, 6.07) is 20.0. The highest BCUT2D eigenvalue weighted by atomic mass is 16.5. The lowest BCUT2D eigenvalue weighted by molar-refractivity contribution is 0.203. The van der Waals surface area contributed by atoms with Crippen LogP contribution < -0.4 is 15.1 Å². The molecule has 0 spiro atoms. The van der Waals surface area contributed by atoms with Crippen LogP contribution in [-0.4, -0.2) is 24.8 Å². The van der Waals surface area contributed by atoms with Crippen LogP contribution >= 0.6 is 0 Å². The fourth-order valence-electron chi connectivity index (χ4n) is 4.82. The number of anilines is 1. The maximum absolute atomic E-state index is 13.2. The Labute approximate surface area is 199 Å². The van der Waals surface area contributed by atoms with Crippen molar-refractivity contribution >= 4 is 27.4 Å². The van der Waals surface area contributed by atoms with Gasteiger partial charge in [0.2, 0.25) is 0 Å². The standard InChI is InChI=1S/C29H31NO4/c1-19(2)27-16-26(32)29-25(30-12-10-20(17-31)11-13-30)14-23(15-28(29)34-27)33-18-22-8-5-7-21-6-3-4-9-24(21)22/h3-9,14-16,19-20,31H,10-13,17-18H2,1-2H3. The Morgan fingerprint density at radius 2 is 1.82 bits per heavy atom. The van der Waals surface area contributed by atoms with Gasteiger partial charge in [0.15, 0.2) is 5.43 Å². The van der Waals surface area contributed by atoms with Crippen molar-refractivity contribution in [1.82, 2.24) is 0 Å². The van der Waals surface area contributed by atoms with Gasteiger partial charge in [0.25, 0.3) is 0 Å². The molecule has 0 atom stereocenters. The molecule has 0 radical (unpaired) electrons. The summed E-state index contributed by atoms with van der Waals surface area (Å²) < 4.78 is 12.5. The highest BCUT2D eigenvalue weighted by Crippen LogP contribution is 2.34. The second-order valence-electron chi connectivity index (χ2n) is 9.52. The van der Waals surface area contributed by atoms with Gasteiger partial charge in [-0.2, -0.15) is 0 Å². The first-order valence-electron chi connectivity index (χ1n) is 12.1. The van der Waals surface area contributed by atoms with Gasteiger partial charge >= 0.3 is 0 Å². The predicted octanol–water partition coefficient (Wildman–Crippen LogP) is 5.86. The average Bonchev–Trinajstić information content (AvgIpc) is 2.86. The van der Waals surface area contributed by atoms with Gasteiger partial charge in [-0.05, 0) is 35.1 Å². The highest BCUT2D eigenvalue weighted by molar-refractivity contribution is 5.92. The zero-order chi connectivity index (χ0) is 23.7. The number of hydrogen-bond donors (Lipinski definition) is 1. The lowest BCUT2D eigenvalue weighted by atomic mass is 9.97. The topological polar surface area (TPSA) is 62.9 Å². The second kappa shape index (κ2) is 9.51. The molecule has 34 heavy (non-hydrogen) atoms. The first-order chi connectivity index (χ1) is 16.5. The molecule has 0 unspecified atom stereocenters. The van der Waals surface area contributed by atoms with Gasteiger partial charge < -0.3 is 19.2 Å². The summed E-state index contributed by atoms with van der Waals surface area (Å²) in [5, 5.41) is 12.5. The van der Waals surface area contributed by atoms with Crippen LogP contribution in [0.5, 0.6) is 5.75 Å². The summed E-state index contributed by atoms with van der Waals surface area (Å²) in [4.78, 5) is 15.4. The van der Waals surface area contributed by atoms with Crippen LogP contribution in [0.25, 0.3) is 21.7 Å². The Morgan fingerprint density at radius 3 is 2.59 bits per heavy atom. The van der Waals surface area contributed by atoms with Crippen LogP contribution in [0.4, 0.5) is 5.69 Å². The van der Waals surface area contributed by atoms with E-state index in [1.165, 1.54) is 10.8 Å². The third kappa shape index (κ3) is 4.40. The van der Waals surface area contributed by atoms with Gasteiger partial charge in [-0.1, -0.05) is 56.3 Å². The Bertz CT molecular complexity index is 1360. The Hall–Kier alpha value is -3.31. The van der Waals surface area contributed by atoms with Crippen molar-refractivity contribution in [3.63, 3.8) is 0 Å². The van der Waals surface area contributed by atoms with Crippen molar-refractivity contribution in [3.8, 4) is 5.75 Å². The number of ether oxygens (including phenoxy) is 1. The smallest absolute Gasteiger partial charge is 0.195 e. The third-order valence-electron chi connectivity index (χ3n) is 6.86. The normalized spacial score (nSPS) is 14.9. The number of hydrogen-bond acceptors (Lipinski definition) is 5. The predicted molar refractivity (Wildman–Crippen MR) is 137 cm³/mol. The van der Waals surface area contributed by atoms with Crippen LogP contribution in [0.2, 0.25) is 0 Å². The lowest BCUT2D eigenvalue weighted by Crippen LogP contribution is -2.35. The number of aliphatic hydroxyl groups excluding tert-OH is 1. The summed E-state index contributed by atoms with van der Waals surface area (Å²) in [6.45, 7) is 6.25. The van der Waals surface area contributed by atoms with Crippen LogP contribution in [0.3, 0.4) is 0 Å². The molecule has 0 aliphatic carbocycles. The fourth-order valence-corrected chi connectivity index (χ4v) is 4.82. The molecule has 0 amide bonds. The summed E-state index contributed by atoms with van der Waals surface area (Å²) >= 11 is 0. The molecule has 0 bridgehead atoms. The maximum Gasteiger partial charge on any atom is 0.195 e. The monoisotopic (exact) mass is 457 g/mol. The first-order valence-corrected chi connectivity index (χ1v) is 12.1. The highest BCUT2D eigenvalue weighted by Gasteiger charge is 2.23. The zero-order valence-electron chi connectivity index (χ0n) is 19.8. The van der Waals surface area contributed by atoms with Crippen LogP contribution in [0.1, 0.15) is 43.9 Å². The SMILES string of the molecule is CC(C)c1cc(=O)c2c(N3CCC(CO)CC3)cc(OCc3cccc4ccccc34)cc2o1. The van der Waals surface area contributed by atoms with Crippen LogP contribution in [0.15, 0.2) is 69.9 Å². The van der Waals surface area contributed by atoms with Gasteiger partial charge in [0.05, 0.1) is 11.1 Å². The van der Waals surface area contributed by atoms with Crippen molar-refractivity contribution in [1.29, 1.82) is 0 Å². The minimum absolute atomic E-state index is 0.0233. The van der Waals surface area contributed by atoms with Crippen molar-refractivity contribution in [2.75, 3.05) is 24.6 Å². The largest absolute Gasteiger partial charge is 0.489 e. The van der Waals surface area contributed by atoms with Gasteiger partial charge in [0, 0.05) is 43.8 Å². The first kappa shape index (κ1) is 22.5. The molecular weight excluding hydrogens is 426 g/mol. The Balaban J connectivity index is 1.54. The van der Waals surface area contributed by atoms with Gasteiger partial charge in [0.1, 0.15) is 23.7 Å².